The van der Waals surface area contributed by atoms with Crippen LogP contribution in [0.2, 0.25) is 5.02 Å². The van der Waals surface area contributed by atoms with Crippen molar-refractivity contribution < 1.29 is 18.0 Å². The van der Waals surface area contributed by atoms with Crippen molar-refractivity contribution in [2.45, 2.75) is 12.7 Å². The average Bonchev–Trinajstić information content (AvgIpc) is 3.27. The van der Waals surface area contributed by atoms with Gasteiger partial charge in [-0.2, -0.15) is 13.2 Å². The fourth-order valence-corrected chi connectivity index (χ4v) is 4.17. The van der Waals surface area contributed by atoms with E-state index in [4.69, 9.17) is 11.6 Å². The molecular formula is C28H25ClF3N3O. The van der Waals surface area contributed by atoms with Crippen LogP contribution in [0.15, 0.2) is 91.0 Å². The number of halogens is 4. The summed E-state index contributed by atoms with van der Waals surface area (Å²) in [7, 11) is 1.86. The number of benzene rings is 3. The predicted molar refractivity (Wildman–Crippen MR) is 136 cm³/mol. The van der Waals surface area contributed by atoms with Gasteiger partial charge in [-0.15, -0.1) is 0 Å². The van der Waals surface area contributed by atoms with E-state index in [9.17, 15) is 18.0 Å². The first-order valence-electron chi connectivity index (χ1n) is 11.4. The zero-order chi connectivity index (χ0) is 25.7. The molecule has 0 aliphatic heterocycles. The molecule has 0 atom stereocenters. The van der Waals surface area contributed by atoms with Crippen LogP contribution < -0.4 is 5.32 Å². The van der Waals surface area contributed by atoms with Gasteiger partial charge in [0.2, 0.25) is 0 Å². The van der Waals surface area contributed by atoms with Crippen LogP contribution in [0.1, 0.15) is 21.6 Å². The zero-order valence-electron chi connectivity index (χ0n) is 19.6. The number of para-hydroxylation sites is 1. The van der Waals surface area contributed by atoms with Crippen LogP contribution in [-0.4, -0.2) is 35.5 Å². The van der Waals surface area contributed by atoms with Crippen LogP contribution in [0.4, 0.5) is 13.2 Å². The Kier molecular flexibility index (Phi) is 7.82. The standard InChI is InChI=1S/C28H25ClF3N3O/c1-34(18-17-33-27(36)21-7-3-2-4-8-21)19-23-15-16-25(20-11-13-22(29)14-12-20)35(23)26-10-6-5-9-24(26)28(30,31)32/h2-16H,17-19H2,1H3,(H,33,36). The van der Waals surface area contributed by atoms with E-state index in [1.807, 2.05) is 30.1 Å². The molecule has 0 radical (unpaired) electrons. The molecule has 0 saturated carbocycles. The Morgan fingerprint density at radius 2 is 1.58 bits per heavy atom. The van der Waals surface area contributed by atoms with Crippen LogP contribution in [0.5, 0.6) is 0 Å². The van der Waals surface area contributed by atoms with Gasteiger partial charge in [0.05, 0.1) is 16.9 Å². The van der Waals surface area contributed by atoms with Crippen LogP contribution in [0, 0.1) is 0 Å². The average molecular weight is 512 g/mol. The van der Waals surface area contributed by atoms with Crippen molar-refractivity contribution in [3.63, 3.8) is 0 Å². The SMILES string of the molecule is CN(CCNC(=O)c1ccccc1)Cc1ccc(-c2ccc(Cl)cc2)n1-c1ccccc1C(F)(F)F. The van der Waals surface area contributed by atoms with Gasteiger partial charge in [0.15, 0.2) is 0 Å². The topological polar surface area (TPSA) is 37.3 Å². The highest BCUT2D eigenvalue weighted by atomic mass is 35.5. The maximum atomic E-state index is 13.9. The van der Waals surface area contributed by atoms with Gasteiger partial charge in [-0.3, -0.25) is 9.69 Å². The third kappa shape index (κ3) is 5.98. The van der Waals surface area contributed by atoms with Crippen molar-refractivity contribution in [1.29, 1.82) is 0 Å². The Balaban J connectivity index is 1.60. The van der Waals surface area contributed by atoms with E-state index < -0.39 is 11.7 Å². The largest absolute Gasteiger partial charge is 0.418 e. The highest BCUT2D eigenvalue weighted by Crippen LogP contribution is 2.37. The van der Waals surface area contributed by atoms with Gasteiger partial charge in [0.1, 0.15) is 0 Å². The lowest BCUT2D eigenvalue weighted by Gasteiger charge is -2.22. The number of nitrogens with zero attached hydrogens (tertiary/aromatic N) is 2. The van der Waals surface area contributed by atoms with Crippen molar-refractivity contribution >= 4 is 17.5 Å². The van der Waals surface area contributed by atoms with Crippen molar-refractivity contribution in [1.82, 2.24) is 14.8 Å². The highest BCUT2D eigenvalue weighted by molar-refractivity contribution is 6.30. The minimum Gasteiger partial charge on any atom is -0.351 e. The first-order chi connectivity index (χ1) is 17.2. The summed E-state index contributed by atoms with van der Waals surface area (Å²) in [6.07, 6.45) is -4.51. The van der Waals surface area contributed by atoms with Crippen molar-refractivity contribution in [2.24, 2.45) is 0 Å². The van der Waals surface area contributed by atoms with Crippen LogP contribution in [0.3, 0.4) is 0 Å². The summed E-state index contributed by atoms with van der Waals surface area (Å²) in [6, 6.07) is 25.1. The summed E-state index contributed by atoms with van der Waals surface area (Å²) in [4.78, 5) is 14.2. The number of nitrogens with one attached hydrogen (secondary N) is 1. The molecule has 1 N–H and O–H groups in total. The van der Waals surface area contributed by atoms with Crippen molar-refractivity contribution in [2.75, 3.05) is 20.1 Å². The number of carbonyl (C=O) groups is 1. The fourth-order valence-electron chi connectivity index (χ4n) is 4.05. The lowest BCUT2D eigenvalue weighted by atomic mass is 10.1. The molecule has 186 valence electrons. The van der Waals surface area contributed by atoms with Gasteiger partial charge >= 0.3 is 6.18 Å². The first kappa shape index (κ1) is 25.5. The second-order valence-corrected chi connectivity index (χ2v) is 8.86. The van der Waals surface area contributed by atoms with E-state index in [2.05, 4.69) is 5.32 Å². The van der Waals surface area contributed by atoms with Crippen LogP contribution in [0.25, 0.3) is 16.9 Å². The van der Waals surface area contributed by atoms with E-state index in [0.29, 0.717) is 41.6 Å². The second kappa shape index (κ2) is 11.0. The molecule has 0 aliphatic rings. The molecule has 0 unspecified atom stereocenters. The minimum absolute atomic E-state index is 0.0562. The summed E-state index contributed by atoms with van der Waals surface area (Å²) < 4.78 is 43.4. The molecule has 36 heavy (non-hydrogen) atoms. The molecular weight excluding hydrogens is 487 g/mol. The van der Waals surface area contributed by atoms with Gasteiger partial charge in [-0.05, 0) is 61.1 Å². The molecule has 4 aromatic rings. The number of carbonyl (C=O) groups excluding carboxylic acids is 1. The van der Waals surface area contributed by atoms with Gasteiger partial charge in [0, 0.05) is 35.9 Å². The number of alkyl halides is 3. The third-order valence-corrected chi connectivity index (χ3v) is 6.05. The summed E-state index contributed by atoms with van der Waals surface area (Å²) >= 11 is 6.03. The summed E-state index contributed by atoms with van der Waals surface area (Å²) in [5.41, 5.74) is 1.99. The molecule has 4 nitrogen and oxygen atoms in total. The van der Waals surface area contributed by atoms with Gasteiger partial charge in [-0.25, -0.2) is 0 Å². The Bertz CT molecular complexity index is 1320. The quantitative estimate of drug-likeness (QED) is 0.286. The smallest absolute Gasteiger partial charge is 0.351 e. The first-order valence-corrected chi connectivity index (χ1v) is 11.8. The number of likely N-dealkylation sites (N-methyl/N-ethyl adjacent to an activating group) is 1. The fraction of sp³-hybridized carbons (Fsp3) is 0.179. The molecule has 1 aromatic heterocycles. The maximum Gasteiger partial charge on any atom is 0.418 e. The molecule has 0 spiro atoms. The van der Waals surface area contributed by atoms with E-state index in [-0.39, 0.29) is 11.6 Å². The van der Waals surface area contributed by atoms with E-state index in [1.165, 1.54) is 12.1 Å². The van der Waals surface area contributed by atoms with E-state index in [0.717, 1.165) is 11.6 Å². The molecule has 4 rings (SSSR count). The Labute approximate surface area is 212 Å². The zero-order valence-corrected chi connectivity index (χ0v) is 20.4. The number of hydrogen-bond donors (Lipinski definition) is 1. The number of hydrogen-bond acceptors (Lipinski definition) is 2. The molecule has 1 amide bonds. The lowest BCUT2D eigenvalue weighted by molar-refractivity contribution is -0.137. The van der Waals surface area contributed by atoms with Crippen molar-refractivity contribution in [3.05, 3.63) is 113 Å². The number of amides is 1. The van der Waals surface area contributed by atoms with Crippen LogP contribution >= 0.6 is 11.6 Å². The molecule has 0 bridgehead atoms. The van der Waals surface area contributed by atoms with E-state index in [1.54, 1.807) is 59.2 Å². The predicted octanol–water partition coefficient (Wildman–Crippen LogP) is 6.68. The second-order valence-electron chi connectivity index (χ2n) is 8.43. The molecule has 0 saturated heterocycles. The monoisotopic (exact) mass is 511 g/mol. The van der Waals surface area contributed by atoms with Crippen molar-refractivity contribution in [3.8, 4) is 16.9 Å². The Hall–Kier alpha value is -3.55. The van der Waals surface area contributed by atoms with E-state index >= 15 is 0 Å². The van der Waals surface area contributed by atoms with Crippen LogP contribution in [-0.2, 0) is 12.7 Å². The summed E-state index contributed by atoms with van der Waals surface area (Å²) in [5, 5.41) is 3.42. The Morgan fingerprint density at radius 3 is 2.28 bits per heavy atom. The van der Waals surface area contributed by atoms with Gasteiger partial charge in [0.25, 0.3) is 5.91 Å². The number of aromatic nitrogens is 1. The molecule has 0 fully saturated rings. The summed E-state index contributed by atoms with van der Waals surface area (Å²) in [5.74, 6) is -0.170. The maximum absolute atomic E-state index is 13.9. The molecule has 8 heteroatoms. The molecule has 0 aliphatic carbocycles. The normalized spacial score (nSPS) is 11.6. The van der Waals surface area contributed by atoms with Gasteiger partial charge < -0.3 is 9.88 Å². The number of rotatable bonds is 8. The van der Waals surface area contributed by atoms with Gasteiger partial charge in [-0.1, -0.05) is 54.1 Å². The lowest BCUT2D eigenvalue weighted by Crippen LogP contribution is -2.33. The highest BCUT2D eigenvalue weighted by Gasteiger charge is 2.34. The molecule has 1 heterocycles. The third-order valence-electron chi connectivity index (χ3n) is 5.80. The summed E-state index contributed by atoms with van der Waals surface area (Å²) in [6.45, 7) is 1.29. The molecule has 3 aromatic carbocycles. The Morgan fingerprint density at radius 1 is 0.917 bits per heavy atom. The minimum atomic E-state index is -4.51.